The summed E-state index contributed by atoms with van der Waals surface area (Å²) < 4.78 is 7.86. The van der Waals surface area contributed by atoms with Gasteiger partial charge in [0.25, 0.3) is 0 Å². The van der Waals surface area contributed by atoms with Crippen LogP contribution in [-0.2, 0) is 22.5 Å². The number of imidazole rings is 1. The third kappa shape index (κ3) is 3.96. The molecule has 0 spiro atoms. The van der Waals surface area contributed by atoms with Gasteiger partial charge in [-0.25, -0.2) is 9.97 Å². The first-order valence-electron chi connectivity index (χ1n) is 8.61. The van der Waals surface area contributed by atoms with E-state index in [0.29, 0.717) is 38.5 Å². The zero-order valence-corrected chi connectivity index (χ0v) is 14.7. The second-order valence-corrected chi connectivity index (χ2v) is 5.88. The Bertz CT molecular complexity index is 717. The van der Waals surface area contributed by atoms with Crippen molar-refractivity contribution in [1.29, 1.82) is 0 Å². The van der Waals surface area contributed by atoms with Crippen LogP contribution in [0.4, 0.5) is 5.82 Å². The average Bonchev–Trinajstić information content (AvgIpc) is 3.13. The van der Waals surface area contributed by atoms with Crippen LogP contribution in [-0.4, -0.2) is 57.1 Å². The molecular weight excluding hydrogens is 320 g/mol. The van der Waals surface area contributed by atoms with Crippen molar-refractivity contribution in [3.63, 3.8) is 0 Å². The molecule has 0 aromatic carbocycles. The molecule has 1 fully saturated rings. The predicted octanol–water partition coefficient (Wildman–Crippen LogP) is 1.27. The molecule has 3 rings (SSSR count). The van der Waals surface area contributed by atoms with Crippen molar-refractivity contribution in [2.45, 2.75) is 32.4 Å². The lowest BCUT2D eigenvalue weighted by Crippen LogP contribution is -2.42. The minimum absolute atomic E-state index is 0.124. The Balaban J connectivity index is 1.62. The molecular formula is C17H24N6O2. The Morgan fingerprint density at radius 2 is 2.16 bits per heavy atom. The van der Waals surface area contributed by atoms with Crippen LogP contribution in [0.15, 0.2) is 24.8 Å². The van der Waals surface area contributed by atoms with E-state index in [1.807, 2.05) is 15.7 Å². The monoisotopic (exact) mass is 344 g/mol. The molecule has 25 heavy (non-hydrogen) atoms. The van der Waals surface area contributed by atoms with E-state index in [0.717, 1.165) is 17.9 Å². The summed E-state index contributed by atoms with van der Waals surface area (Å²) in [5, 5.41) is 3.03. The minimum Gasteiger partial charge on any atom is -0.372 e. The fourth-order valence-electron chi connectivity index (χ4n) is 3.05. The van der Waals surface area contributed by atoms with Crippen LogP contribution in [0.2, 0.25) is 0 Å². The lowest BCUT2D eigenvalue weighted by atomic mass is 10.2. The molecule has 2 aromatic heterocycles. The van der Waals surface area contributed by atoms with Crippen molar-refractivity contribution in [2.24, 2.45) is 0 Å². The molecule has 1 aliphatic rings. The Kier molecular flexibility index (Phi) is 5.60. The lowest BCUT2D eigenvalue weighted by Gasteiger charge is -2.33. The zero-order chi connectivity index (χ0) is 17.6. The van der Waals surface area contributed by atoms with Crippen molar-refractivity contribution < 1.29 is 9.53 Å². The fraction of sp³-hybridized carbons (Fsp3) is 0.529. The smallest absolute Gasteiger partial charge is 0.224 e. The molecule has 1 atom stereocenters. The predicted molar refractivity (Wildman–Crippen MR) is 93.1 cm³/mol. The van der Waals surface area contributed by atoms with E-state index in [1.54, 1.807) is 25.6 Å². The number of morpholine rings is 1. The van der Waals surface area contributed by atoms with Gasteiger partial charge in [-0.05, 0) is 0 Å². The molecule has 0 unspecified atom stereocenters. The van der Waals surface area contributed by atoms with E-state index in [2.05, 4.69) is 27.2 Å². The fourth-order valence-corrected chi connectivity index (χ4v) is 3.05. The van der Waals surface area contributed by atoms with E-state index in [9.17, 15) is 4.79 Å². The highest BCUT2D eigenvalue weighted by Crippen LogP contribution is 2.25. The van der Waals surface area contributed by atoms with Crippen molar-refractivity contribution in [1.82, 2.24) is 24.4 Å². The maximum absolute atomic E-state index is 12.6. The number of nitrogens with one attached hydrogen (secondary N) is 1. The summed E-state index contributed by atoms with van der Waals surface area (Å²) in [7, 11) is 1.80. The van der Waals surface area contributed by atoms with E-state index in [4.69, 9.17) is 4.74 Å². The molecule has 8 heteroatoms. The Morgan fingerprint density at radius 1 is 1.32 bits per heavy atom. The number of anilines is 1. The summed E-state index contributed by atoms with van der Waals surface area (Å²) in [5.74, 6) is 1.82. The number of nitrogens with zero attached hydrogens (tertiary/aromatic N) is 5. The third-order valence-electron chi connectivity index (χ3n) is 4.37. The highest BCUT2D eigenvalue weighted by atomic mass is 16.5. The number of rotatable bonds is 6. The van der Waals surface area contributed by atoms with Gasteiger partial charge in [0, 0.05) is 57.8 Å². The van der Waals surface area contributed by atoms with Crippen LogP contribution >= 0.6 is 0 Å². The van der Waals surface area contributed by atoms with Crippen molar-refractivity contribution >= 4 is 11.7 Å². The number of hydrogen-bond acceptors (Lipinski definition) is 6. The molecule has 134 valence electrons. The van der Waals surface area contributed by atoms with E-state index >= 15 is 0 Å². The van der Waals surface area contributed by atoms with Gasteiger partial charge in [-0.1, -0.05) is 6.92 Å². The highest BCUT2D eigenvalue weighted by molar-refractivity contribution is 5.76. The minimum atomic E-state index is -0.256. The molecule has 0 bridgehead atoms. The normalized spacial score (nSPS) is 17.5. The highest BCUT2D eigenvalue weighted by Gasteiger charge is 2.28. The van der Waals surface area contributed by atoms with Crippen LogP contribution in [0.3, 0.4) is 0 Å². The number of aromatic nitrogens is 4. The Labute approximate surface area is 147 Å². The molecule has 1 N–H and O–H groups in total. The van der Waals surface area contributed by atoms with Gasteiger partial charge in [-0.2, -0.15) is 0 Å². The first-order chi connectivity index (χ1) is 12.2. The third-order valence-corrected chi connectivity index (χ3v) is 4.37. The Morgan fingerprint density at radius 3 is 2.96 bits per heavy atom. The summed E-state index contributed by atoms with van der Waals surface area (Å²) in [4.78, 5) is 27.4. The molecule has 0 radical (unpaired) electrons. The molecule has 2 aromatic rings. The lowest BCUT2D eigenvalue weighted by molar-refractivity contribution is -0.139. The maximum atomic E-state index is 12.6. The topological polar surface area (TPSA) is 85.2 Å². The number of ether oxygens (including phenoxy) is 1. The van der Waals surface area contributed by atoms with Gasteiger partial charge in [-0.3, -0.25) is 9.78 Å². The number of aryl methyl sites for hydroxylation is 2. The second-order valence-electron chi connectivity index (χ2n) is 5.88. The SMILES string of the molecule is CCc1nccn1CCC(=O)N1CCO[C@H](c2nccnc2NC)C1. The van der Waals surface area contributed by atoms with E-state index in [-0.39, 0.29) is 12.0 Å². The molecule has 8 nitrogen and oxygen atoms in total. The standard InChI is InChI=1S/C17H24N6O2/c1-3-14-19-7-9-22(14)8-4-15(24)23-10-11-25-13(12-23)16-17(18-2)21-6-5-20-16/h5-7,9,13H,3-4,8,10-12H2,1-2H3,(H,18,21)/t13-/m0/s1. The first kappa shape index (κ1) is 17.3. The summed E-state index contributed by atoms with van der Waals surface area (Å²) >= 11 is 0. The summed E-state index contributed by atoms with van der Waals surface area (Å²) in [6.07, 6.45) is 8.04. The molecule has 1 saturated heterocycles. The van der Waals surface area contributed by atoms with Crippen LogP contribution in [0.25, 0.3) is 0 Å². The van der Waals surface area contributed by atoms with Gasteiger partial charge < -0.3 is 19.5 Å². The average molecular weight is 344 g/mol. The zero-order valence-electron chi connectivity index (χ0n) is 14.7. The van der Waals surface area contributed by atoms with Crippen molar-refractivity contribution in [3.8, 4) is 0 Å². The van der Waals surface area contributed by atoms with Gasteiger partial charge in [-0.15, -0.1) is 0 Å². The van der Waals surface area contributed by atoms with Gasteiger partial charge in [0.05, 0.1) is 13.2 Å². The van der Waals surface area contributed by atoms with E-state index < -0.39 is 0 Å². The molecule has 1 aliphatic heterocycles. The summed E-state index contributed by atoms with van der Waals surface area (Å²) in [6, 6.07) is 0. The van der Waals surface area contributed by atoms with Crippen molar-refractivity contribution in [3.05, 3.63) is 36.3 Å². The van der Waals surface area contributed by atoms with Crippen LogP contribution in [0.5, 0.6) is 0 Å². The maximum Gasteiger partial charge on any atom is 0.224 e. The molecule has 3 heterocycles. The van der Waals surface area contributed by atoms with Crippen LogP contribution < -0.4 is 5.32 Å². The summed E-state index contributed by atoms with van der Waals surface area (Å²) in [5.41, 5.74) is 0.741. The molecule has 0 saturated carbocycles. The van der Waals surface area contributed by atoms with Crippen molar-refractivity contribution in [2.75, 3.05) is 32.1 Å². The quantitative estimate of drug-likeness (QED) is 0.849. The van der Waals surface area contributed by atoms with Crippen LogP contribution in [0, 0.1) is 0 Å². The first-order valence-corrected chi connectivity index (χ1v) is 8.61. The number of carbonyl (C=O) groups excluding carboxylic acids is 1. The Hall–Kier alpha value is -2.48. The summed E-state index contributed by atoms with van der Waals surface area (Å²) in [6.45, 7) is 4.32. The molecule has 1 amide bonds. The molecule has 0 aliphatic carbocycles. The van der Waals surface area contributed by atoms with Gasteiger partial charge in [0.1, 0.15) is 23.4 Å². The second kappa shape index (κ2) is 8.06. The van der Waals surface area contributed by atoms with Gasteiger partial charge in [0.15, 0.2) is 0 Å². The van der Waals surface area contributed by atoms with Gasteiger partial charge >= 0.3 is 0 Å². The number of amides is 1. The van der Waals surface area contributed by atoms with Crippen LogP contribution in [0.1, 0.15) is 31.0 Å². The number of carbonyl (C=O) groups is 1. The largest absolute Gasteiger partial charge is 0.372 e. The van der Waals surface area contributed by atoms with Gasteiger partial charge in [0.2, 0.25) is 5.91 Å². The van der Waals surface area contributed by atoms with E-state index in [1.165, 1.54) is 0 Å². The number of hydrogen-bond donors (Lipinski definition) is 1.